The first-order valence-corrected chi connectivity index (χ1v) is 9.73. The highest BCUT2D eigenvalue weighted by Gasteiger charge is 2.26. The number of benzene rings is 1. The topological polar surface area (TPSA) is 58.2 Å². The highest BCUT2D eigenvalue weighted by molar-refractivity contribution is 7.90. The summed E-state index contributed by atoms with van der Waals surface area (Å²) in [7, 11) is -3.14. The molecule has 0 aromatic heterocycles. The van der Waals surface area contributed by atoms with Crippen molar-refractivity contribution in [3.8, 4) is 0 Å². The van der Waals surface area contributed by atoms with Crippen molar-refractivity contribution < 1.29 is 8.42 Å². The number of anilines is 1. The summed E-state index contributed by atoms with van der Waals surface area (Å²) in [5.41, 5.74) is 2.43. The van der Waals surface area contributed by atoms with Gasteiger partial charge in [0, 0.05) is 18.3 Å². The summed E-state index contributed by atoms with van der Waals surface area (Å²) in [6, 6.07) is 8.55. The Morgan fingerprint density at radius 2 is 1.68 bits per heavy atom. The largest absolute Gasteiger partial charge is 0.385 e. The van der Waals surface area contributed by atoms with Gasteiger partial charge in [-0.05, 0) is 64.5 Å². The van der Waals surface area contributed by atoms with Crippen LogP contribution in [0.3, 0.4) is 0 Å². The van der Waals surface area contributed by atoms with Crippen molar-refractivity contribution in [2.24, 2.45) is 5.92 Å². The minimum atomic E-state index is -3.14. The average Bonchev–Trinajstić information content (AvgIpc) is 2.48. The lowest BCUT2D eigenvalue weighted by molar-refractivity contribution is 0.323. The van der Waals surface area contributed by atoms with E-state index in [4.69, 9.17) is 0 Å². The summed E-state index contributed by atoms with van der Waals surface area (Å²) in [6.07, 6.45) is 4.02. The predicted molar refractivity (Wildman–Crippen MR) is 92.6 cm³/mol. The number of hydrogen-bond donors (Lipinski definition) is 2. The van der Waals surface area contributed by atoms with Gasteiger partial charge in [-0.2, -0.15) is 0 Å². The maximum absolute atomic E-state index is 11.9. The van der Waals surface area contributed by atoms with E-state index in [2.05, 4.69) is 41.2 Å². The first-order chi connectivity index (χ1) is 10.4. The Hall–Kier alpha value is -1.07. The summed E-state index contributed by atoms with van der Waals surface area (Å²) < 4.78 is 26.6. The molecule has 1 aromatic carbocycles. The molecule has 1 aromatic rings. The molecule has 0 spiro atoms. The molecule has 0 heterocycles. The SMILES string of the molecule is Cc1ccc(NC[C@H]2CC[C@H](NS(=O)(=O)C(C)C)CC2)cc1. The van der Waals surface area contributed by atoms with Gasteiger partial charge in [0.2, 0.25) is 10.0 Å². The molecule has 0 amide bonds. The lowest BCUT2D eigenvalue weighted by Crippen LogP contribution is -2.41. The second kappa shape index (κ2) is 7.47. The van der Waals surface area contributed by atoms with Crippen molar-refractivity contribution in [2.45, 2.75) is 57.7 Å². The van der Waals surface area contributed by atoms with Crippen LogP contribution in [0, 0.1) is 12.8 Å². The number of rotatable bonds is 6. The molecule has 0 unspecified atom stereocenters. The van der Waals surface area contributed by atoms with Crippen LogP contribution in [0.5, 0.6) is 0 Å². The Kier molecular flexibility index (Phi) is 5.87. The zero-order valence-electron chi connectivity index (χ0n) is 13.8. The molecular formula is C17H28N2O2S. The maximum atomic E-state index is 11.9. The molecule has 0 aliphatic heterocycles. The Balaban J connectivity index is 1.74. The standard InChI is InChI=1S/C17H28N2O2S/c1-13(2)22(20,21)19-17-10-6-15(7-11-17)12-18-16-8-4-14(3)5-9-16/h4-5,8-9,13,15,17-19H,6-7,10-12H2,1-3H3/t15-,17-. The van der Waals surface area contributed by atoms with Gasteiger partial charge in [-0.15, -0.1) is 0 Å². The van der Waals surface area contributed by atoms with E-state index >= 15 is 0 Å². The quantitative estimate of drug-likeness (QED) is 0.844. The maximum Gasteiger partial charge on any atom is 0.214 e. The molecule has 0 bridgehead atoms. The molecule has 1 saturated carbocycles. The van der Waals surface area contributed by atoms with Crippen LogP contribution in [-0.4, -0.2) is 26.3 Å². The average molecular weight is 324 g/mol. The van der Waals surface area contributed by atoms with Crippen molar-refractivity contribution in [2.75, 3.05) is 11.9 Å². The summed E-state index contributed by atoms with van der Waals surface area (Å²) >= 11 is 0. The number of sulfonamides is 1. The molecule has 1 fully saturated rings. The molecule has 0 atom stereocenters. The number of hydrogen-bond acceptors (Lipinski definition) is 3. The lowest BCUT2D eigenvalue weighted by Gasteiger charge is -2.29. The van der Waals surface area contributed by atoms with Gasteiger partial charge >= 0.3 is 0 Å². The molecule has 22 heavy (non-hydrogen) atoms. The zero-order chi connectivity index (χ0) is 16.2. The van der Waals surface area contributed by atoms with Gasteiger partial charge in [0.15, 0.2) is 0 Å². The second-order valence-electron chi connectivity index (χ2n) is 6.68. The summed E-state index contributed by atoms with van der Waals surface area (Å²) in [6.45, 7) is 6.49. The minimum absolute atomic E-state index is 0.114. The second-order valence-corrected chi connectivity index (χ2v) is 8.94. The molecule has 0 saturated heterocycles. The van der Waals surface area contributed by atoms with Crippen molar-refractivity contribution in [1.29, 1.82) is 0 Å². The molecule has 1 aliphatic rings. The Labute approximate surface area is 134 Å². The predicted octanol–water partition coefficient (Wildman–Crippen LogP) is 3.29. The summed E-state index contributed by atoms with van der Waals surface area (Å²) in [4.78, 5) is 0. The van der Waals surface area contributed by atoms with Crippen molar-refractivity contribution in [1.82, 2.24) is 4.72 Å². The van der Waals surface area contributed by atoms with Crippen LogP contribution in [0.2, 0.25) is 0 Å². The molecule has 5 heteroatoms. The molecule has 124 valence electrons. The fourth-order valence-electron chi connectivity index (χ4n) is 2.79. The fraction of sp³-hybridized carbons (Fsp3) is 0.647. The van der Waals surface area contributed by atoms with Crippen molar-refractivity contribution >= 4 is 15.7 Å². The van der Waals surface area contributed by atoms with Crippen LogP contribution in [0.1, 0.15) is 45.1 Å². The first kappa shape index (κ1) is 17.3. The summed E-state index contributed by atoms with van der Waals surface area (Å²) in [5.74, 6) is 0.626. The third kappa shape index (κ3) is 4.99. The van der Waals surface area contributed by atoms with Crippen LogP contribution in [-0.2, 0) is 10.0 Å². The number of aryl methyl sites for hydroxylation is 1. The van der Waals surface area contributed by atoms with E-state index in [9.17, 15) is 8.42 Å². The van der Waals surface area contributed by atoms with E-state index in [1.54, 1.807) is 13.8 Å². The summed E-state index contributed by atoms with van der Waals surface area (Å²) in [5, 5.41) is 3.13. The van der Waals surface area contributed by atoms with Crippen LogP contribution in [0.4, 0.5) is 5.69 Å². The normalized spacial score (nSPS) is 22.7. The van der Waals surface area contributed by atoms with Crippen LogP contribution in [0.15, 0.2) is 24.3 Å². The lowest BCUT2D eigenvalue weighted by atomic mass is 9.86. The molecule has 4 nitrogen and oxygen atoms in total. The van der Waals surface area contributed by atoms with E-state index in [1.165, 1.54) is 5.56 Å². The van der Waals surface area contributed by atoms with E-state index < -0.39 is 10.0 Å². The fourth-order valence-corrected chi connectivity index (χ4v) is 3.76. The number of nitrogens with one attached hydrogen (secondary N) is 2. The van der Waals surface area contributed by atoms with Gasteiger partial charge < -0.3 is 5.32 Å². The Bertz CT molecular complexity index is 559. The highest BCUT2D eigenvalue weighted by Crippen LogP contribution is 2.25. The smallest absolute Gasteiger partial charge is 0.214 e. The van der Waals surface area contributed by atoms with E-state index in [1.807, 2.05) is 0 Å². The molecule has 1 aliphatic carbocycles. The Morgan fingerprint density at radius 1 is 1.09 bits per heavy atom. The Morgan fingerprint density at radius 3 is 2.23 bits per heavy atom. The van der Waals surface area contributed by atoms with Crippen LogP contribution < -0.4 is 10.0 Å². The van der Waals surface area contributed by atoms with Crippen molar-refractivity contribution in [3.05, 3.63) is 29.8 Å². The zero-order valence-corrected chi connectivity index (χ0v) is 14.6. The van der Waals surface area contributed by atoms with Gasteiger partial charge in [-0.25, -0.2) is 13.1 Å². The van der Waals surface area contributed by atoms with Crippen molar-refractivity contribution in [3.63, 3.8) is 0 Å². The highest BCUT2D eigenvalue weighted by atomic mass is 32.2. The van der Waals surface area contributed by atoms with E-state index in [0.29, 0.717) is 5.92 Å². The van der Waals surface area contributed by atoms with E-state index in [0.717, 1.165) is 37.9 Å². The molecule has 0 radical (unpaired) electrons. The first-order valence-electron chi connectivity index (χ1n) is 8.18. The van der Waals surface area contributed by atoms with E-state index in [-0.39, 0.29) is 11.3 Å². The minimum Gasteiger partial charge on any atom is -0.385 e. The van der Waals surface area contributed by atoms with Crippen LogP contribution in [0.25, 0.3) is 0 Å². The van der Waals surface area contributed by atoms with Crippen LogP contribution >= 0.6 is 0 Å². The monoisotopic (exact) mass is 324 g/mol. The molecular weight excluding hydrogens is 296 g/mol. The van der Waals surface area contributed by atoms with Gasteiger partial charge in [0.25, 0.3) is 0 Å². The van der Waals surface area contributed by atoms with Gasteiger partial charge in [-0.1, -0.05) is 17.7 Å². The van der Waals surface area contributed by atoms with Gasteiger partial charge in [0.1, 0.15) is 0 Å². The third-order valence-electron chi connectivity index (χ3n) is 4.44. The molecule has 2 rings (SSSR count). The van der Waals surface area contributed by atoms with Gasteiger partial charge in [-0.3, -0.25) is 0 Å². The van der Waals surface area contributed by atoms with Gasteiger partial charge in [0.05, 0.1) is 5.25 Å². The third-order valence-corrected chi connectivity index (χ3v) is 6.35. The molecule has 2 N–H and O–H groups in total.